The lowest BCUT2D eigenvalue weighted by molar-refractivity contribution is -0.117. The van der Waals surface area contributed by atoms with Crippen LogP contribution in [0.2, 0.25) is 0 Å². The number of nitrogens with one attached hydrogen (secondary N) is 1. The zero-order valence-corrected chi connectivity index (χ0v) is 16.1. The molecule has 3 rings (SSSR count). The predicted octanol–water partition coefficient (Wildman–Crippen LogP) is 5.15. The second kappa shape index (κ2) is 8.23. The number of nitrogens with zero attached hydrogens (tertiary/aromatic N) is 2. The van der Waals surface area contributed by atoms with Gasteiger partial charge in [-0.05, 0) is 30.4 Å². The molecule has 134 valence electrons. The number of amides is 1. The number of aromatic nitrogens is 2. The van der Waals surface area contributed by atoms with E-state index in [-0.39, 0.29) is 11.8 Å². The highest BCUT2D eigenvalue weighted by molar-refractivity contribution is 7.18. The van der Waals surface area contributed by atoms with Crippen LogP contribution in [0, 0.1) is 5.92 Å². The van der Waals surface area contributed by atoms with Crippen molar-refractivity contribution >= 4 is 22.4 Å². The third-order valence-electron chi connectivity index (χ3n) is 4.19. The first-order chi connectivity index (χ1) is 12.5. The van der Waals surface area contributed by atoms with E-state index in [2.05, 4.69) is 41.5 Å². The molecule has 0 bridgehead atoms. The normalized spacial score (nSPS) is 12.2. The summed E-state index contributed by atoms with van der Waals surface area (Å²) in [4.78, 5) is 12.5. The number of anilines is 1. The number of hydrogen-bond donors (Lipinski definition) is 1. The van der Waals surface area contributed by atoms with Crippen LogP contribution in [0.5, 0.6) is 0 Å². The summed E-state index contributed by atoms with van der Waals surface area (Å²) >= 11 is 1.38. The molecule has 0 saturated carbocycles. The van der Waals surface area contributed by atoms with Crippen LogP contribution in [-0.4, -0.2) is 16.1 Å². The second-order valence-electron chi connectivity index (χ2n) is 6.83. The summed E-state index contributed by atoms with van der Waals surface area (Å²) in [6, 6.07) is 18.1. The Bertz CT molecular complexity index is 856. The Labute approximate surface area is 158 Å². The SMILES string of the molecule is CC(C)Cc1ccc(C(C)C(=O)Nc2nnc(-c3ccccc3)s2)cc1. The summed E-state index contributed by atoms with van der Waals surface area (Å²) in [5.74, 6) is 0.308. The molecule has 1 amide bonds. The van der Waals surface area contributed by atoms with Gasteiger partial charge in [0.15, 0.2) is 0 Å². The van der Waals surface area contributed by atoms with Gasteiger partial charge in [0.05, 0.1) is 5.92 Å². The summed E-state index contributed by atoms with van der Waals surface area (Å²) < 4.78 is 0. The summed E-state index contributed by atoms with van der Waals surface area (Å²) in [7, 11) is 0. The van der Waals surface area contributed by atoms with Gasteiger partial charge in [-0.1, -0.05) is 79.8 Å². The first-order valence-corrected chi connectivity index (χ1v) is 9.63. The van der Waals surface area contributed by atoms with Crippen molar-refractivity contribution in [3.63, 3.8) is 0 Å². The van der Waals surface area contributed by atoms with Crippen molar-refractivity contribution in [2.24, 2.45) is 5.92 Å². The van der Waals surface area contributed by atoms with E-state index in [1.165, 1.54) is 16.9 Å². The molecule has 26 heavy (non-hydrogen) atoms. The Kier molecular flexibility index (Phi) is 5.78. The minimum absolute atomic E-state index is 0.0719. The maximum absolute atomic E-state index is 12.5. The highest BCUT2D eigenvalue weighted by atomic mass is 32.1. The molecule has 3 aromatic rings. The van der Waals surface area contributed by atoms with Gasteiger partial charge in [-0.15, -0.1) is 10.2 Å². The zero-order valence-electron chi connectivity index (χ0n) is 15.3. The van der Waals surface area contributed by atoms with Crippen LogP contribution in [0.15, 0.2) is 54.6 Å². The van der Waals surface area contributed by atoms with Crippen LogP contribution < -0.4 is 5.32 Å². The maximum Gasteiger partial charge on any atom is 0.233 e. The molecule has 0 aliphatic rings. The first-order valence-electron chi connectivity index (χ1n) is 8.81. The standard InChI is InChI=1S/C21H23N3OS/c1-14(2)13-16-9-11-17(12-10-16)15(3)19(25)22-21-24-23-20(26-21)18-7-5-4-6-8-18/h4-12,14-15H,13H2,1-3H3,(H,22,24,25). The smallest absolute Gasteiger partial charge is 0.233 e. The van der Waals surface area contributed by atoms with Crippen LogP contribution in [0.4, 0.5) is 5.13 Å². The third kappa shape index (κ3) is 4.55. The molecule has 0 spiro atoms. The Hall–Kier alpha value is -2.53. The van der Waals surface area contributed by atoms with E-state index < -0.39 is 0 Å². The molecule has 1 heterocycles. The monoisotopic (exact) mass is 365 g/mol. The molecule has 1 N–H and O–H groups in total. The fourth-order valence-corrected chi connectivity index (χ4v) is 3.50. The van der Waals surface area contributed by atoms with Crippen molar-refractivity contribution in [1.29, 1.82) is 0 Å². The van der Waals surface area contributed by atoms with Gasteiger partial charge in [-0.25, -0.2) is 0 Å². The van der Waals surface area contributed by atoms with Crippen LogP contribution in [0.1, 0.15) is 37.8 Å². The second-order valence-corrected chi connectivity index (χ2v) is 7.81. The number of rotatable bonds is 6. The van der Waals surface area contributed by atoms with Gasteiger partial charge in [0.25, 0.3) is 0 Å². The lowest BCUT2D eigenvalue weighted by atomic mass is 9.96. The molecule has 0 aliphatic carbocycles. The lowest BCUT2D eigenvalue weighted by Gasteiger charge is -2.12. The average Bonchev–Trinajstić information content (AvgIpc) is 3.10. The van der Waals surface area contributed by atoms with Crippen LogP contribution in [0.3, 0.4) is 0 Å². The summed E-state index contributed by atoms with van der Waals surface area (Å²) in [5.41, 5.74) is 3.30. The van der Waals surface area contributed by atoms with E-state index in [1.54, 1.807) is 0 Å². The van der Waals surface area contributed by atoms with E-state index in [9.17, 15) is 4.79 Å². The number of carbonyl (C=O) groups is 1. The molecular formula is C21H23N3OS. The average molecular weight is 366 g/mol. The minimum Gasteiger partial charge on any atom is -0.300 e. The summed E-state index contributed by atoms with van der Waals surface area (Å²) in [6.45, 7) is 6.32. The molecule has 2 aromatic carbocycles. The molecule has 0 aliphatic heterocycles. The summed E-state index contributed by atoms with van der Waals surface area (Å²) in [5, 5.41) is 12.5. The highest BCUT2D eigenvalue weighted by Gasteiger charge is 2.17. The fraction of sp³-hybridized carbons (Fsp3) is 0.286. The number of hydrogen-bond acceptors (Lipinski definition) is 4. The maximum atomic E-state index is 12.5. The lowest BCUT2D eigenvalue weighted by Crippen LogP contribution is -2.18. The van der Waals surface area contributed by atoms with Crippen molar-refractivity contribution in [1.82, 2.24) is 10.2 Å². The molecular weight excluding hydrogens is 342 g/mol. The van der Waals surface area contributed by atoms with Crippen LogP contribution >= 0.6 is 11.3 Å². The molecule has 1 aromatic heterocycles. The van der Waals surface area contributed by atoms with Gasteiger partial charge in [-0.3, -0.25) is 10.1 Å². The van der Waals surface area contributed by atoms with E-state index in [0.717, 1.165) is 22.6 Å². The molecule has 0 fully saturated rings. The van der Waals surface area contributed by atoms with Gasteiger partial charge >= 0.3 is 0 Å². The first kappa shape index (κ1) is 18.3. The van der Waals surface area contributed by atoms with Crippen molar-refractivity contribution in [2.75, 3.05) is 5.32 Å². The largest absolute Gasteiger partial charge is 0.300 e. The van der Waals surface area contributed by atoms with Crippen molar-refractivity contribution in [3.05, 3.63) is 65.7 Å². The Morgan fingerprint density at radius 1 is 1.00 bits per heavy atom. The summed E-state index contributed by atoms with van der Waals surface area (Å²) in [6.07, 6.45) is 1.05. The van der Waals surface area contributed by atoms with Crippen molar-refractivity contribution in [3.8, 4) is 10.6 Å². The minimum atomic E-state index is -0.243. The van der Waals surface area contributed by atoms with E-state index >= 15 is 0 Å². The molecule has 0 radical (unpaired) electrons. The Morgan fingerprint density at radius 3 is 2.35 bits per heavy atom. The molecule has 1 unspecified atom stereocenters. The van der Waals surface area contributed by atoms with Crippen molar-refractivity contribution in [2.45, 2.75) is 33.1 Å². The number of carbonyl (C=O) groups excluding carboxylic acids is 1. The van der Waals surface area contributed by atoms with Gasteiger partial charge in [0.1, 0.15) is 5.01 Å². The Balaban J connectivity index is 1.65. The molecule has 4 nitrogen and oxygen atoms in total. The highest BCUT2D eigenvalue weighted by Crippen LogP contribution is 2.27. The predicted molar refractivity (Wildman–Crippen MR) is 107 cm³/mol. The van der Waals surface area contributed by atoms with E-state index in [0.29, 0.717) is 11.0 Å². The van der Waals surface area contributed by atoms with Gasteiger partial charge < -0.3 is 0 Å². The topological polar surface area (TPSA) is 54.9 Å². The molecule has 5 heteroatoms. The zero-order chi connectivity index (χ0) is 18.5. The van der Waals surface area contributed by atoms with Gasteiger partial charge in [0, 0.05) is 5.56 Å². The number of benzene rings is 2. The third-order valence-corrected chi connectivity index (χ3v) is 5.08. The van der Waals surface area contributed by atoms with Crippen molar-refractivity contribution < 1.29 is 4.79 Å². The van der Waals surface area contributed by atoms with E-state index in [4.69, 9.17) is 0 Å². The van der Waals surface area contributed by atoms with Crippen LogP contribution in [0.25, 0.3) is 10.6 Å². The van der Waals surface area contributed by atoms with Gasteiger partial charge in [-0.2, -0.15) is 0 Å². The molecule has 1 atom stereocenters. The van der Waals surface area contributed by atoms with Crippen LogP contribution in [-0.2, 0) is 11.2 Å². The quantitative estimate of drug-likeness (QED) is 0.657. The van der Waals surface area contributed by atoms with E-state index in [1.807, 2.05) is 49.4 Å². The van der Waals surface area contributed by atoms with Gasteiger partial charge in [0.2, 0.25) is 11.0 Å². The Morgan fingerprint density at radius 2 is 1.69 bits per heavy atom. The molecule has 0 saturated heterocycles. The fourth-order valence-electron chi connectivity index (χ4n) is 2.75.